The first-order valence-corrected chi connectivity index (χ1v) is 5.40. The number of carboxylic acid groups (broad SMARTS) is 1. The Morgan fingerprint density at radius 2 is 2.24 bits per heavy atom. The van der Waals surface area contributed by atoms with E-state index in [0.717, 1.165) is 5.56 Å². The molecule has 0 radical (unpaired) electrons. The smallest absolute Gasteiger partial charge is 0.308 e. The monoisotopic (exact) mass is 236 g/mol. The molecule has 1 atom stereocenters. The SMILES string of the molecule is Cc1cccnc1CC(=O)NCC(C)C(=O)O. The van der Waals surface area contributed by atoms with Gasteiger partial charge in [-0.1, -0.05) is 13.0 Å². The van der Waals surface area contributed by atoms with Crippen molar-refractivity contribution >= 4 is 11.9 Å². The molecule has 0 aliphatic rings. The van der Waals surface area contributed by atoms with Gasteiger partial charge >= 0.3 is 5.97 Å². The van der Waals surface area contributed by atoms with Crippen LogP contribution in [0, 0.1) is 12.8 Å². The van der Waals surface area contributed by atoms with E-state index in [9.17, 15) is 9.59 Å². The molecule has 0 bridgehead atoms. The molecule has 0 spiro atoms. The Bertz CT molecular complexity index is 418. The van der Waals surface area contributed by atoms with E-state index in [0.29, 0.717) is 5.69 Å². The Labute approximate surface area is 99.9 Å². The van der Waals surface area contributed by atoms with Gasteiger partial charge in [-0.05, 0) is 18.6 Å². The molecule has 2 N–H and O–H groups in total. The van der Waals surface area contributed by atoms with Gasteiger partial charge < -0.3 is 10.4 Å². The highest BCUT2D eigenvalue weighted by Gasteiger charge is 2.13. The fourth-order valence-corrected chi connectivity index (χ4v) is 1.27. The molecule has 1 aromatic rings. The molecule has 17 heavy (non-hydrogen) atoms. The number of carbonyl (C=O) groups is 2. The maximum absolute atomic E-state index is 11.5. The van der Waals surface area contributed by atoms with Gasteiger partial charge in [-0.2, -0.15) is 0 Å². The Balaban J connectivity index is 2.46. The third-order valence-corrected chi connectivity index (χ3v) is 2.47. The molecule has 1 heterocycles. The van der Waals surface area contributed by atoms with Gasteiger partial charge in [0.1, 0.15) is 0 Å². The molecule has 1 amide bonds. The number of hydrogen-bond donors (Lipinski definition) is 2. The summed E-state index contributed by atoms with van der Waals surface area (Å²) < 4.78 is 0. The van der Waals surface area contributed by atoms with Crippen molar-refractivity contribution in [3.05, 3.63) is 29.6 Å². The molecule has 0 aromatic carbocycles. The van der Waals surface area contributed by atoms with Crippen molar-refractivity contribution in [1.29, 1.82) is 0 Å². The van der Waals surface area contributed by atoms with Gasteiger partial charge in [0, 0.05) is 12.7 Å². The van der Waals surface area contributed by atoms with E-state index < -0.39 is 11.9 Å². The number of aliphatic carboxylic acids is 1. The second kappa shape index (κ2) is 5.98. The summed E-state index contributed by atoms with van der Waals surface area (Å²) in [6.07, 6.45) is 1.81. The molecule has 1 unspecified atom stereocenters. The minimum absolute atomic E-state index is 0.139. The molecular weight excluding hydrogens is 220 g/mol. The van der Waals surface area contributed by atoms with Crippen LogP contribution < -0.4 is 5.32 Å². The van der Waals surface area contributed by atoms with Crippen LogP contribution in [0.1, 0.15) is 18.2 Å². The molecule has 0 aliphatic carbocycles. The van der Waals surface area contributed by atoms with Gasteiger partial charge in [0.25, 0.3) is 0 Å². The van der Waals surface area contributed by atoms with E-state index in [1.165, 1.54) is 0 Å². The maximum Gasteiger partial charge on any atom is 0.308 e. The second-order valence-electron chi connectivity index (χ2n) is 3.99. The average Bonchev–Trinajstić information content (AvgIpc) is 2.29. The zero-order chi connectivity index (χ0) is 12.8. The van der Waals surface area contributed by atoms with Crippen LogP contribution in [0.5, 0.6) is 0 Å². The van der Waals surface area contributed by atoms with E-state index in [-0.39, 0.29) is 18.9 Å². The third-order valence-electron chi connectivity index (χ3n) is 2.47. The van der Waals surface area contributed by atoms with E-state index in [1.807, 2.05) is 19.1 Å². The van der Waals surface area contributed by atoms with Crippen LogP contribution in [0.2, 0.25) is 0 Å². The largest absolute Gasteiger partial charge is 0.481 e. The van der Waals surface area contributed by atoms with Crippen molar-refractivity contribution in [3.8, 4) is 0 Å². The number of aryl methyl sites for hydroxylation is 1. The Hall–Kier alpha value is -1.91. The van der Waals surface area contributed by atoms with Gasteiger partial charge in [0.15, 0.2) is 0 Å². The Kier molecular flexibility index (Phi) is 4.63. The van der Waals surface area contributed by atoms with Crippen LogP contribution >= 0.6 is 0 Å². The number of nitrogens with zero attached hydrogens (tertiary/aromatic N) is 1. The standard InChI is InChI=1S/C12H16N2O3/c1-8-4-3-5-13-10(8)6-11(15)14-7-9(2)12(16)17/h3-5,9H,6-7H2,1-2H3,(H,14,15)(H,16,17). The molecule has 0 aliphatic heterocycles. The van der Waals surface area contributed by atoms with Crippen LogP contribution in [-0.4, -0.2) is 28.5 Å². The topological polar surface area (TPSA) is 79.3 Å². The van der Waals surface area contributed by atoms with Crippen molar-refractivity contribution in [2.24, 2.45) is 5.92 Å². The van der Waals surface area contributed by atoms with Gasteiger partial charge in [0.05, 0.1) is 18.0 Å². The lowest BCUT2D eigenvalue weighted by atomic mass is 10.1. The van der Waals surface area contributed by atoms with E-state index in [1.54, 1.807) is 13.1 Å². The quantitative estimate of drug-likeness (QED) is 0.791. The molecule has 1 rings (SSSR count). The molecule has 0 saturated carbocycles. The van der Waals surface area contributed by atoms with Gasteiger partial charge in [0.2, 0.25) is 5.91 Å². The first-order valence-electron chi connectivity index (χ1n) is 5.40. The number of nitrogens with one attached hydrogen (secondary N) is 1. The van der Waals surface area contributed by atoms with Crippen molar-refractivity contribution in [3.63, 3.8) is 0 Å². The lowest BCUT2D eigenvalue weighted by Crippen LogP contribution is -2.32. The average molecular weight is 236 g/mol. The van der Waals surface area contributed by atoms with Crippen molar-refractivity contribution in [2.45, 2.75) is 20.3 Å². The number of carbonyl (C=O) groups excluding carboxylic acids is 1. The van der Waals surface area contributed by atoms with Crippen molar-refractivity contribution < 1.29 is 14.7 Å². The van der Waals surface area contributed by atoms with Gasteiger partial charge in [-0.3, -0.25) is 14.6 Å². The summed E-state index contributed by atoms with van der Waals surface area (Å²) in [4.78, 5) is 26.2. The summed E-state index contributed by atoms with van der Waals surface area (Å²) in [7, 11) is 0. The Morgan fingerprint density at radius 3 is 2.82 bits per heavy atom. The highest BCUT2D eigenvalue weighted by Crippen LogP contribution is 2.03. The maximum atomic E-state index is 11.5. The van der Waals surface area contributed by atoms with Crippen molar-refractivity contribution in [2.75, 3.05) is 6.54 Å². The third kappa shape index (κ3) is 4.22. The van der Waals surface area contributed by atoms with Gasteiger partial charge in [-0.15, -0.1) is 0 Å². The predicted molar refractivity (Wildman–Crippen MR) is 62.5 cm³/mol. The molecule has 0 fully saturated rings. The minimum Gasteiger partial charge on any atom is -0.481 e. The van der Waals surface area contributed by atoms with E-state index in [2.05, 4.69) is 10.3 Å². The highest BCUT2D eigenvalue weighted by molar-refractivity contribution is 5.79. The van der Waals surface area contributed by atoms with Crippen LogP contribution in [0.4, 0.5) is 0 Å². The molecule has 5 heteroatoms. The number of hydrogen-bond acceptors (Lipinski definition) is 3. The summed E-state index contributed by atoms with van der Waals surface area (Å²) in [6.45, 7) is 3.57. The zero-order valence-corrected chi connectivity index (χ0v) is 9.93. The van der Waals surface area contributed by atoms with Gasteiger partial charge in [-0.25, -0.2) is 0 Å². The number of carboxylic acids is 1. The van der Waals surface area contributed by atoms with E-state index in [4.69, 9.17) is 5.11 Å². The summed E-state index contributed by atoms with van der Waals surface area (Å²) in [6, 6.07) is 3.69. The number of amides is 1. The number of pyridine rings is 1. The van der Waals surface area contributed by atoms with Crippen LogP contribution in [0.3, 0.4) is 0 Å². The van der Waals surface area contributed by atoms with Crippen LogP contribution in [0.15, 0.2) is 18.3 Å². The minimum atomic E-state index is -0.917. The second-order valence-corrected chi connectivity index (χ2v) is 3.99. The fraction of sp³-hybridized carbons (Fsp3) is 0.417. The summed E-state index contributed by atoms with van der Waals surface area (Å²) >= 11 is 0. The highest BCUT2D eigenvalue weighted by atomic mass is 16.4. The lowest BCUT2D eigenvalue weighted by molar-refractivity contribution is -0.141. The van der Waals surface area contributed by atoms with Crippen LogP contribution in [0.25, 0.3) is 0 Å². The van der Waals surface area contributed by atoms with Crippen LogP contribution in [-0.2, 0) is 16.0 Å². The fourth-order valence-electron chi connectivity index (χ4n) is 1.27. The molecular formula is C12H16N2O3. The zero-order valence-electron chi connectivity index (χ0n) is 9.93. The summed E-state index contributed by atoms with van der Waals surface area (Å²) in [5, 5.41) is 11.2. The molecule has 1 aromatic heterocycles. The van der Waals surface area contributed by atoms with Crippen molar-refractivity contribution in [1.82, 2.24) is 10.3 Å². The summed E-state index contributed by atoms with van der Waals surface area (Å²) in [5.74, 6) is -1.71. The molecule has 5 nitrogen and oxygen atoms in total. The Morgan fingerprint density at radius 1 is 1.53 bits per heavy atom. The number of aromatic nitrogens is 1. The number of rotatable bonds is 5. The lowest BCUT2D eigenvalue weighted by Gasteiger charge is -2.08. The first-order chi connectivity index (χ1) is 8.00. The normalized spacial score (nSPS) is 11.9. The summed E-state index contributed by atoms with van der Waals surface area (Å²) in [5.41, 5.74) is 1.67. The molecule has 92 valence electrons. The van der Waals surface area contributed by atoms with E-state index >= 15 is 0 Å². The molecule has 0 saturated heterocycles. The predicted octanol–water partition coefficient (Wildman–Crippen LogP) is 0.769. The first kappa shape index (κ1) is 13.2.